The first kappa shape index (κ1) is 15.7. The van der Waals surface area contributed by atoms with Gasteiger partial charge in [0.05, 0.1) is 0 Å². The largest absolute Gasteiger partial charge is 0.381 e. The van der Waals surface area contributed by atoms with Crippen LogP contribution >= 0.6 is 11.8 Å². The number of anilines is 1. The summed E-state index contributed by atoms with van der Waals surface area (Å²) in [7, 11) is -3.59. The van der Waals surface area contributed by atoms with Gasteiger partial charge in [0, 0.05) is 24.0 Å². The Bertz CT molecular complexity index is 556. The van der Waals surface area contributed by atoms with Gasteiger partial charge >= 0.3 is 0 Å². The molecule has 2 unspecified atom stereocenters. The standard InChI is InChI=1S/C12H22N4O2S2/c1-3-7-16-8-11(12(13)14-16)20(17,18)15-9-5-4-6-10(9)19-2/h8-10,15H,3-7H2,1-2H3,(H2,13,14). The summed E-state index contributed by atoms with van der Waals surface area (Å²) in [5, 5.41) is 4.39. The maximum absolute atomic E-state index is 12.4. The van der Waals surface area contributed by atoms with Gasteiger partial charge in [0.25, 0.3) is 0 Å². The zero-order chi connectivity index (χ0) is 14.8. The molecule has 0 bridgehead atoms. The van der Waals surface area contributed by atoms with Gasteiger partial charge in [-0.2, -0.15) is 16.9 Å². The lowest BCUT2D eigenvalue weighted by Crippen LogP contribution is -2.38. The Hall–Kier alpha value is -0.730. The van der Waals surface area contributed by atoms with Crippen molar-refractivity contribution >= 4 is 27.6 Å². The molecular formula is C12H22N4O2S2. The monoisotopic (exact) mass is 318 g/mol. The fourth-order valence-corrected chi connectivity index (χ4v) is 4.98. The first-order chi connectivity index (χ1) is 9.47. The Morgan fingerprint density at radius 1 is 1.55 bits per heavy atom. The van der Waals surface area contributed by atoms with Crippen LogP contribution in [0.15, 0.2) is 11.1 Å². The second kappa shape index (κ2) is 6.36. The Morgan fingerprint density at radius 2 is 2.30 bits per heavy atom. The molecule has 0 aliphatic heterocycles. The van der Waals surface area contributed by atoms with Gasteiger partial charge in [0.15, 0.2) is 5.82 Å². The third kappa shape index (κ3) is 3.29. The lowest BCUT2D eigenvalue weighted by molar-refractivity contribution is 0.554. The fourth-order valence-electron chi connectivity index (χ4n) is 2.57. The highest BCUT2D eigenvalue weighted by Crippen LogP contribution is 2.30. The summed E-state index contributed by atoms with van der Waals surface area (Å²) in [6, 6.07) is -0.0103. The van der Waals surface area contributed by atoms with E-state index in [0.29, 0.717) is 11.8 Å². The normalized spacial score (nSPS) is 23.3. The zero-order valence-corrected chi connectivity index (χ0v) is 13.5. The van der Waals surface area contributed by atoms with Crippen molar-refractivity contribution in [1.29, 1.82) is 0 Å². The highest BCUT2D eigenvalue weighted by molar-refractivity contribution is 7.99. The molecule has 1 aromatic rings. The molecule has 1 aliphatic rings. The Labute approximate surface area is 124 Å². The number of nitrogens with one attached hydrogen (secondary N) is 1. The second-order valence-electron chi connectivity index (χ2n) is 5.07. The van der Waals surface area contributed by atoms with E-state index in [0.717, 1.165) is 25.7 Å². The number of rotatable bonds is 6. The first-order valence-corrected chi connectivity index (χ1v) is 9.63. The van der Waals surface area contributed by atoms with Crippen molar-refractivity contribution in [2.24, 2.45) is 0 Å². The molecule has 20 heavy (non-hydrogen) atoms. The van der Waals surface area contributed by atoms with E-state index in [9.17, 15) is 8.42 Å². The van der Waals surface area contributed by atoms with Gasteiger partial charge in [-0.15, -0.1) is 0 Å². The van der Waals surface area contributed by atoms with E-state index in [1.54, 1.807) is 16.4 Å². The maximum atomic E-state index is 12.4. The molecule has 1 aliphatic carbocycles. The summed E-state index contributed by atoms with van der Waals surface area (Å²) in [4.78, 5) is 0.0951. The van der Waals surface area contributed by atoms with Gasteiger partial charge in [-0.3, -0.25) is 4.68 Å². The van der Waals surface area contributed by atoms with Gasteiger partial charge in [-0.05, 0) is 25.5 Å². The van der Waals surface area contributed by atoms with Crippen LogP contribution in [0, 0.1) is 0 Å². The highest BCUT2D eigenvalue weighted by Gasteiger charge is 2.32. The number of hydrogen-bond donors (Lipinski definition) is 2. The third-order valence-corrected chi connectivity index (χ3v) is 6.24. The van der Waals surface area contributed by atoms with Gasteiger partial charge in [0.2, 0.25) is 10.0 Å². The molecule has 2 atom stereocenters. The summed E-state index contributed by atoms with van der Waals surface area (Å²) in [5.74, 6) is 0.0737. The Morgan fingerprint density at radius 3 is 2.95 bits per heavy atom. The quantitative estimate of drug-likeness (QED) is 0.828. The van der Waals surface area contributed by atoms with E-state index in [2.05, 4.69) is 9.82 Å². The molecule has 3 N–H and O–H groups in total. The van der Waals surface area contributed by atoms with Crippen LogP contribution in [0.5, 0.6) is 0 Å². The van der Waals surface area contributed by atoms with Gasteiger partial charge in [-0.25, -0.2) is 13.1 Å². The summed E-state index contributed by atoms with van der Waals surface area (Å²) < 4.78 is 29.2. The van der Waals surface area contributed by atoms with Crippen molar-refractivity contribution in [3.63, 3.8) is 0 Å². The molecule has 0 aromatic carbocycles. The van der Waals surface area contributed by atoms with Crippen LogP contribution in [-0.2, 0) is 16.6 Å². The average Bonchev–Trinajstić information content (AvgIpc) is 2.96. The minimum atomic E-state index is -3.59. The second-order valence-corrected chi connectivity index (χ2v) is 7.83. The lowest BCUT2D eigenvalue weighted by Gasteiger charge is -2.18. The molecule has 0 spiro atoms. The van der Waals surface area contributed by atoms with Crippen molar-refractivity contribution in [3.05, 3.63) is 6.20 Å². The van der Waals surface area contributed by atoms with E-state index in [4.69, 9.17) is 5.73 Å². The Balaban J connectivity index is 2.17. The predicted molar refractivity (Wildman–Crippen MR) is 82.2 cm³/mol. The van der Waals surface area contributed by atoms with Crippen LogP contribution in [0.3, 0.4) is 0 Å². The van der Waals surface area contributed by atoms with Crippen molar-refractivity contribution in [2.75, 3.05) is 12.0 Å². The fraction of sp³-hybridized carbons (Fsp3) is 0.750. The number of thioether (sulfide) groups is 1. The third-order valence-electron chi connectivity index (χ3n) is 3.56. The molecule has 0 saturated heterocycles. The summed E-state index contributed by atoms with van der Waals surface area (Å²) in [5.41, 5.74) is 5.74. The lowest BCUT2D eigenvalue weighted by atomic mass is 10.3. The van der Waals surface area contributed by atoms with Gasteiger partial charge in [-0.1, -0.05) is 13.3 Å². The topological polar surface area (TPSA) is 90.0 Å². The number of nitrogens with two attached hydrogens (primary N) is 1. The first-order valence-electron chi connectivity index (χ1n) is 6.86. The van der Waals surface area contributed by atoms with Crippen molar-refractivity contribution in [2.45, 2.75) is 55.3 Å². The number of sulfonamides is 1. The number of hydrogen-bond acceptors (Lipinski definition) is 5. The summed E-state index contributed by atoms with van der Waals surface area (Å²) in [6.45, 7) is 2.67. The van der Waals surface area contributed by atoms with Gasteiger partial charge < -0.3 is 5.73 Å². The number of nitrogen functional groups attached to an aromatic ring is 1. The van der Waals surface area contributed by atoms with Crippen LogP contribution < -0.4 is 10.5 Å². The molecule has 2 rings (SSSR count). The highest BCUT2D eigenvalue weighted by atomic mass is 32.2. The van der Waals surface area contributed by atoms with Crippen LogP contribution in [0.25, 0.3) is 0 Å². The molecule has 0 amide bonds. The Kier molecular flexibility index (Phi) is 4.98. The smallest absolute Gasteiger partial charge is 0.246 e. The minimum Gasteiger partial charge on any atom is -0.381 e. The van der Waals surface area contributed by atoms with E-state index >= 15 is 0 Å². The minimum absolute atomic E-state index is 0.0103. The van der Waals surface area contributed by atoms with E-state index in [-0.39, 0.29) is 16.8 Å². The predicted octanol–water partition coefficient (Wildman–Crippen LogP) is 1.44. The molecule has 6 nitrogen and oxygen atoms in total. The molecule has 0 radical (unpaired) electrons. The van der Waals surface area contributed by atoms with Crippen LogP contribution in [0.1, 0.15) is 32.6 Å². The van der Waals surface area contributed by atoms with Gasteiger partial charge in [0.1, 0.15) is 4.90 Å². The SMILES string of the molecule is CCCn1cc(S(=O)(=O)NC2CCCC2SC)c(N)n1. The van der Waals surface area contributed by atoms with Crippen molar-refractivity contribution in [1.82, 2.24) is 14.5 Å². The molecule has 114 valence electrons. The maximum Gasteiger partial charge on any atom is 0.246 e. The number of aromatic nitrogens is 2. The molecule has 8 heteroatoms. The number of nitrogens with zero attached hydrogens (tertiary/aromatic N) is 2. The molecule has 1 fully saturated rings. The summed E-state index contributed by atoms with van der Waals surface area (Å²) in [6.07, 6.45) is 7.41. The molecular weight excluding hydrogens is 296 g/mol. The van der Waals surface area contributed by atoms with E-state index < -0.39 is 10.0 Å². The molecule has 1 aromatic heterocycles. The van der Waals surface area contributed by atoms with Crippen LogP contribution in [0.2, 0.25) is 0 Å². The van der Waals surface area contributed by atoms with Crippen molar-refractivity contribution in [3.8, 4) is 0 Å². The van der Waals surface area contributed by atoms with E-state index in [1.165, 1.54) is 6.20 Å². The summed E-state index contributed by atoms with van der Waals surface area (Å²) >= 11 is 1.71. The number of aryl methyl sites for hydroxylation is 1. The zero-order valence-electron chi connectivity index (χ0n) is 11.9. The van der Waals surface area contributed by atoms with E-state index in [1.807, 2.05) is 13.2 Å². The molecule has 1 heterocycles. The van der Waals surface area contributed by atoms with Crippen LogP contribution in [-0.4, -0.2) is 35.7 Å². The molecule has 1 saturated carbocycles. The average molecular weight is 318 g/mol. The van der Waals surface area contributed by atoms with Crippen molar-refractivity contribution < 1.29 is 8.42 Å². The van der Waals surface area contributed by atoms with Crippen LogP contribution in [0.4, 0.5) is 5.82 Å².